The van der Waals surface area contributed by atoms with Gasteiger partial charge >= 0.3 is 0 Å². The molecule has 0 aliphatic heterocycles. The molecule has 0 heterocycles. The van der Waals surface area contributed by atoms with Crippen LogP contribution in [0.3, 0.4) is 0 Å². The van der Waals surface area contributed by atoms with Crippen LogP contribution in [0.4, 0.5) is 5.69 Å². The van der Waals surface area contributed by atoms with Crippen LogP contribution in [0.15, 0.2) is 36.4 Å². The van der Waals surface area contributed by atoms with Crippen molar-refractivity contribution >= 4 is 22.5 Å². The van der Waals surface area contributed by atoms with E-state index in [0.717, 1.165) is 11.3 Å². The Morgan fingerprint density at radius 1 is 1.07 bits per heavy atom. The average molecular weight is 196 g/mol. The highest BCUT2D eigenvalue weighted by Crippen LogP contribution is 2.35. The van der Waals surface area contributed by atoms with Gasteiger partial charge in [0.05, 0.1) is 6.04 Å². The molecule has 0 aromatic heterocycles. The summed E-state index contributed by atoms with van der Waals surface area (Å²) in [5.74, 6) is 0. The highest BCUT2D eigenvalue weighted by molar-refractivity contribution is 5.98. The maximum atomic E-state index is 6.04. The maximum absolute atomic E-state index is 6.04. The summed E-state index contributed by atoms with van der Waals surface area (Å²) < 4.78 is 0. The SMILES string of the molecule is Nc1ccc2cccc3c2c1C(N)C=C3. The molecule has 74 valence electrons. The number of hydrogen-bond donors (Lipinski definition) is 2. The van der Waals surface area contributed by atoms with Crippen molar-refractivity contribution < 1.29 is 0 Å². The number of anilines is 1. The van der Waals surface area contributed by atoms with E-state index in [1.165, 1.54) is 16.3 Å². The molecule has 15 heavy (non-hydrogen) atoms. The Bertz CT molecular complexity index is 570. The van der Waals surface area contributed by atoms with Gasteiger partial charge in [-0.1, -0.05) is 36.4 Å². The Morgan fingerprint density at radius 3 is 2.80 bits per heavy atom. The van der Waals surface area contributed by atoms with Crippen LogP contribution in [0.1, 0.15) is 17.2 Å². The number of benzene rings is 2. The van der Waals surface area contributed by atoms with Crippen molar-refractivity contribution in [3.8, 4) is 0 Å². The molecule has 1 unspecified atom stereocenters. The van der Waals surface area contributed by atoms with Crippen molar-refractivity contribution in [2.24, 2.45) is 5.73 Å². The Labute approximate surface area is 88.2 Å². The summed E-state index contributed by atoms with van der Waals surface area (Å²) in [6.45, 7) is 0. The van der Waals surface area contributed by atoms with Crippen molar-refractivity contribution in [2.45, 2.75) is 6.04 Å². The average Bonchev–Trinajstić information content (AvgIpc) is 2.25. The van der Waals surface area contributed by atoms with Gasteiger partial charge in [-0.05, 0) is 22.4 Å². The summed E-state index contributed by atoms with van der Waals surface area (Å²) in [4.78, 5) is 0. The molecule has 1 aliphatic rings. The van der Waals surface area contributed by atoms with E-state index in [2.05, 4.69) is 24.3 Å². The number of rotatable bonds is 0. The third-order valence-corrected chi connectivity index (χ3v) is 2.97. The molecule has 4 N–H and O–H groups in total. The molecule has 1 atom stereocenters. The van der Waals surface area contributed by atoms with Crippen molar-refractivity contribution in [3.63, 3.8) is 0 Å². The van der Waals surface area contributed by atoms with Gasteiger partial charge in [-0.2, -0.15) is 0 Å². The minimum Gasteiger partial charge on any atom is -0.398 e. The molecule has 0 spiro atoms. The lowest BCUT2D eigenvalue weighted by molar-refractivity contribution is 0.925. The third kappa shape index (κ3) is 1.09. The first-order valence-electron chi connectivity index (χ1n) is 5.02. The second-order valence-electron chi connectivity index (χ2n) is 3.90. The molecule has 0 amide bonds. The second-order valence-corrected chi connectivity index (χ2v) is 3.90. The van der Waals surface area contributed by atoms with E-state index >= 15 is 0 Å². The molecular weight excluding hydrogens is 184 g/mol. The van der Waals surface area contributed by atoms with Crippen LogP contribution in [0.2, 0.25) is 0 Å². The lowest BCUT2D eigenvalue weighted by Gasteiger charge is -2.19. The van der Waals surface area contributed by atoms with E-state index in [1.54, 1.807) is 0 Å². The van der Waals surface area contributed by atoms with Gasteiger partial charge in [0.2, 0.25) is 0 Å². The standard InChI is InChI=1S/C13H12N2/c14-10-6-4-8-2-1-3-9-5-7-11(15)13(10)12(8)9/h1-7,10H,14-15H2. The van der Waals surface area contributed by atoms with Crippen molar-refractivity contribution in [1.82, 2.24) is 0 Å². The minimum absolute atomic E-state index is 0.0800. The van der Waals surface area contributed by atoms with Crippen molar-refractivity contribution in [2.75, 3.05) is 5.73 Å². The Kier molecular flexibility index (Phi) is 1.61. The first-order valence-corrected chi connectivity index (χ1v) is 5.02. The van der Waals surface area contributed by atoms with Crippen LogP contribution < -0.4 is 11.5 Å². The highest BCUT2D eigenvalue weighted by Gasteiger charge is 2.16. The fourth-order valence-electron chi connectivity index (χ4n) is 2.25. The lowest BCUT2D eigenvalue weighted by Crippen LogP contribution is -2.13. The summed E-state index contributed by atoms with van der Waals surface area (Å²) in [5, 5.41) is 2.41. The molecule has 0 fully saturated rings. The molecule has 2 aromatic carbocycles. The molecule has 0 saturated heterocycles. The molecule has 0 bridgehead atoms. The normalized spacial score (nSPS) is 18.3. The van der Waals surface area contributed by atoms with E-state index in [4.69, 9.17) is 11.5 Å². The third-order valence-electron chi connectivity index (χ3n) is 2.97. The van der Waals surface area contributed by atoms with Crippen LogP contribution >= 0.6 is 0 Å². The fraction of sp³-hybridized carbons (Fsp3) is 0.0769. The Hall–Kier alpha value is -1.80. The maximum Gasteiger partial charge on any atom is 0.0511 e. The van der Waals surface area contributed by atoms with Crippen molar-refractivity contribution in [1.29, 1.82) is 0 Å². The Morgan fingerprint density at radius 2 is 1.93 bits per heavy atom. The van der Waals surface area contributed by atoms with Crippen molar-refractivity contribution in [3.05, 3.63) is 47.5 Å². The van der Waals surface area contributed by atoms with Gasteiger partial charge in [0.25, 0.3) is 0 Å². The topological polar surface area (TPSA) is 52.0 Å². The van der Waals surface area contributed by atoms with Gasteiger partial charge in [-0.3, -0.25) is 0 Å². The van der Waals surface area contributed by atoms with E-state index < -0.39 is 0 Å². The summed E-state index contributed by atoms with van der Waals surface area (Å²) in [7, 11) is 0. The fourth-order valence-corrected chi connectivity index (χ4v) is 2.25. The summed E-state index contributed by atoms with van der Waals surface area (Å²) >= 11 is 0. The first-order chi connectivity index (χ1) is 7.27. The molecular formula is C13H12N2. The Balaban J connectivity index is 2.54. The monoisotopic (exact) mass is 196 g/mol. The van der Waals surface area contributed by atoms with Crippen LogP contribution in [0.5, 0.6) is 0 Å². The number of nitrogen functional groups attached to an aromatic ring is 1. The van der Waals surface area contributed by atoms with Gasteiger partial charge < -0.3 is 11.5 Å². The predicted molar refractivity (Wildman–Crippen MR) is 64.3 cm³/mol. The van der Waals surface area contributed by atoms with E-state index in [-0.39, 0.29) is 6.04 Å². The summed E-state index contributed by atoms with van der Waals surface area (Å²) in [5.41, 5.74) is 15.1. The lowest BCUT2D eigenvalue weighted by atomic mass is 9.89. The van der Waals surface area contributed by atoms with E-state index in [1.807, 2.05) is 18.2 Å². The first kappa shape index (κ1) is 8.50. The zero-order valence-corrected chi connectivity index (χ0v) is 8.27. The molecule has 3 rings (SSSR count). The van der Waals surface area contributed by atoms with E-state index in [9.17, 15) is 0 Å². The van der Waals surface area contributed by atoms with Crippen LogP contribution in [0, 0.1) is 0 Å². The van der Waals surface area contributed by atoms with Crippen LogP contribution in [0.25, 0.3) is 16.8 Å². The molecule has 0 saturated carbocycles. The zero-order valence-electron chi connectivity index (χ0n) is 8.27. The van der Waals surface area contributed by atoms with Gasteiger partial charge in [-0.25, -0.2) is 0 Å². The molecule has 1 aliphatic carbocycles. The van der Waals surface area contributed by atoms with Gasteiger partial charge in [0.1, 0.15) is 0 Å². The molecule has 2 nitrogen and oxygen atoms in total. The minimum atomic E-state index is -0.0800. The molecule has 2 aromatic rings. The van der Waals surface area contributed by atoms with Crippen LogP contribution in [-0.2, 0) is 0 Å². The number of hydrogen-bond acceptors (Lipinski definition) is 2. The second kappa shape index (κ2) is 2.84. The van der Waals surface area contributed by atoms with Gasteiger partial charge in [0, 0.05) is 11.3 Å². The zero-order chi connectivity index (χ0) is 10.4. The molecule has 2 heteroatoms. The quantitative estimate of drug-likeness (QED) is 0.636. The number of nitrogens with two attached hydrogens (primary N) is 2. The largest absolute Gasteiger partial charge is 0.398 e. The summed E-state index contributed by atoms with van der Waals surface area (Å²) in [6, 6.07) is 10.1. The summed E-state index contributed by atoms with van der Waals surface area (Å²) in [6.07, 6.45) is 4.06. The van der Waals surface area contributed by atoms with Gasteiger partial charge in [-0.15, -0.1) is 0 Å². The smallest absolute Gasteiger partial charge is 0.0511 e. The van der Waals surface area contributed by atoms with Gasteiger partial charge in [0.15, 0.2) is 0 Å². The predicted octanol–water partition coefficient (Wildman–Crippen LogP) is 2.45. The highest BCUT2D eigenvalue weighted by atomic mass is 14.7. The molecule has 0 radical (unpaired) electrons. The van der Waals surface area contributed by atoms with E-state index in [0.29, 0.717) is 0 Å². The van der Waals surface area contributed by atoms with Crippen LogP contribution in [-0.4, -0.2) is 0 Å².